The van der Waals surface area contributed by atoms with Crippen LogP contribution in [0.4, 0.5) is 22.0 Å². The second-order valence-corrected chi connectivity index (χ2v) is 3.34. The topological polar surface area (TPSA) is 17.1 Å². The maximum atomic E-state index is 13.1. The Hall–Kier alpha value is -1.43. The molecular weight excluding hydrogens is 255 g/mol. The Morgan fingerprint density at radius 3 is 1.69 bits per heavy atom. The Bertz CT molecular complexity index is 564. The second kappa shape index (κ2) is 3.28. The van der Waals surface area contributed by atoms with Crippen LogP contribution in [0.5, 0.6) is 0 Å². The highest BCUT2D eigenvalue weighted by molar-refractivity contribution is 6.54. The van der Waals surface area contributed by atoms with Gasteiger partial charge in [0.2, 0.25) is 5.78 Å². The van der Waals surface area contributed by atoms with Crippen molar-refractivity contribution in [1.82, 2.24) is 0 Å². The molecule has 2 rings (SSSR count). The molecule has 1 aromatic carbocycles. The Morgan fingerprint density at radius 1 is 0.750 bits per heavy atom. The molecule has 0 aromatic heterocycles. The number of hydrogen-bond donors (Lipinski definition) is 0. The highest BCUT2D eigenvalue weighted by Crippen LogP contribution is 2.40. The number of allylic oxidation sites excluding steroid dienone is 1. The fraction of sp³-hybridized carbons (Fsp3) is 0. The van der Waals surface area contributed by atoms with Crippen LogP contribution in [0.25, 0.3) is 5.03 Å². The molecule has 0 saturated heterocycles. The zero-order chi connectivity index (χ0) is 12.2. The summed E-state index contributed by atoms with van der Waals surface area (Å²) in [6.07, 6.45) is 0. The van der Waals surface area contributed by atoms with Gasteiger partial charge in [-0.3, -0.25) is 4.79 Å². The molecule has 1 aliphatic rings. The number of ketones is 1. The van der Waals surface area contributed by atoms with Crippen molar-refractivity contribution < 1.29 is 26.7 Å². The van der Waals surface area contributed by atoms with Crippen molar-refractivity contribution in [3.8, 4) is 0 Å². The SMILES string of the molecule is O=C1C(F)=C(Cl)c2c(F)c(F)c(F)c(F)c21. The summed E-state index contributed by atoms with van der Waals surface area (Å²) >= 11 is 5.18. The summed E-state index contributed by atoms with van der Waals surface area (Å²) in [5, 5.41) is -1.06. The summed E-state index contributed by atoms with van der Waals surface area (Å²) in [6, 6.07) is 0. The van der Waals surface area contributed by atoms with E-state index < -0.39 is 51.0 Å². The fourth-order valence-electron chi connectivity index (χ4n) is 1.37. The van der Waals surface area contributed by atoms with Crippen molar-refractivity contribution in [2.75, 3.05) is 0 Å². The Labute approximate surface area is 90.1 Å². The minimum absolute atomic E-state index is 1.06. The van der Waals surface area contributed by atoms with Gasteiger partial charge in [-0.2, -0.15) is 0 Å². The van der Waals surface area contributed by atoms with Crippen LogP contribution in [0.15, 0.2) is 5.83 Å². The number of hydrogen-bond acceptors (Lipinski definition) is 1. The number of carbonyl (C=O) groups excluding carboxylic acids is 1. The van der Waals surface area contributed by atoms with E-state index >= 15 is 0 Å². The lowest BCUT2D eigenvalue weighted by Gasteiger charge is -2.04. The first-order valence-electron chi connectivity index (χ1n) is 3.84. The smallest absolute Gasteiger partial charge is 0.226 e. The molecule has 84 valence electrons. The average molecular weight is 255 g/mol. The summed E-state index contributed by atoms with van der Waals surface area (Å²) in [6.45, 7) is 0. The van der Waals surface area contributed by atoms with Crippen LogP contribution < -0.4 is 0 Å². The van der Waals surface area contributed by atoms with Gasteiger partial charge in [0, 0.05) is 5.56 Å². The summed E-state index contributed by atoms with van der Waals surface area (Å²) in [5.74, 6) is -11.4. The van der Waals surface area contributed by atoms with Crippen LogP contribution in [0.2, 0.25) is 0 Å². The molecule has 1 aromatic rings. The van der Waals surface area contributed by atoms with E-state index in [1.165, 1.54) is 0 Å². The number of benzene rings is 1. The first-order chi connectivity index (χ1) is 7.37. The van der Waals surface area contributed by atoms with E-state index in [0.717, 1.165) is 0 Å². The van der Waals surface area contributed by atoms with Crippen LogP contribution in [0.3, 0.4) is 0 Å². The van der Waals surface area contributed by atoms with Gasteiger partial charge in [-0.15, -0.1) is 0 Å². The van der Waals surface area contributed by atoms with Gasteiger partial charge in [0.25, 0.3) is 0 Å². The first kappa shape index (κ1) is 11.1. The predicted octanol–water partition coefficient (Wildman–Crippen LogP) is 3.32. The molecule has 0 radical (unpaired) electrons. The van der Waals surface area contributed by atoms with E-state index in [9.17, 15) is 26.7 Å². The second-order valence-electron chi connectivity index (χ2n) is 2.96. The predicted molar refractivity (Wildman–Crippen MR) is 44.5 cm³/mol. The van der Waals surface area contributed by atoms with E-state index in [1.807, 2.05) is 0 Å². The molecular formula is C9ClF5O. The van der Waals surface area contributed by atoms with Crippen molar-refractivity contribution in [2.45, 2.75) is 0 Å². The molecule has 16 heavy (non-hydrogen) atoms. The molecule has 0 saturated carbocycles. The van der Waals surface area contributed by atoms with Crippen molar-refractivity contribution in [2.24, 2.45) is 0 Å². The van der Waals surface area contributed by atoms with Crippen molar-refractivity contribution in [3.63, 3.8) is 0 Å². The Morgan fingerprint density at radius 2 is 1.19 bits per heavy atom. The van der Waals surface area contributed by atoms with Crippen molar-refractivity contribution in [1.29, 1.82) is 0 Å². The summed E-state index contributed by atoms with van der Waals surface area (Å²) in [7, 11) is 0. The quantitative estimate of drug-likeness (QED) is 0.394. The van der Waals surface area contributed by atoms with Gasteiger partial charge >= 0.3 is 0 Å². The molecule has 1 nitrogen and oxygen atoms in total. The lowest BCUT2D eigenvalue weighted by atomic mass is 10.1. The zero-order valence-corrected chi connectivity index (χ0v) is 7.93. The monoisotopic (exact) mass is 254 g/mol. The van der Waals surface area contributed by atoms with Crippen LogP contribution in [0, 0.1) is 23.3 Å². The molecule has 1 aliphatic carbocycles. The molecule has 7 heteroatoms. The van der Waals surface area contributed by atoms with Crippen LogP contribution >= 0.6 is 11.6 Å². The lowest BCUT2D eigenvalue weighted by molar-refractivity contribution is 0.100. The molecule has 0 N–H and O–H groups in total. The molecule has 0 heterocycles. The number of halogens is 6. The number of Topliss-reactive ketones (excluding diaryl/α,β-unsaturated/α-hetero) is 1. The first-order valence-corrected chi connectivity index (χ1v) is 4.22. The van der Waals surface area contributed by atoms with Gasteiger partial charge < -0.3 is 0 Å². The normalized spacial score (nSPS) is 14.8. The third-order valence-corrected chi connectivity index (χ3v) is 2.46. The Balaban J connectivity index is 2.94. The largest absolute Gasteiger partial charge is 0.286 e. The molecule has 0 unspecified atom stereocenters. The fourth-order valence-corrected chi connectivity index (χ4v) is 1.63. The van der Waals surface area contributed by atoms with Gasteiger partial charge in [-0.05, 0) is 0 Å². The standard InChI is InChI=1S/C9ClF5O/c10-3-1-2(9(16)6(3)13)5(12)8(15)7(14)4(1)11. The molecule has 0 fully saturated rings. The summed E-state index contributed by atoms with van der Waals surface area (Å²) < 4.78 is 64.7. The molecule has 0 aliphatic heterocycles. The highest BCUT2D eigenvalue weighted by atomic mass is 35.5. The zero-order valence-electron chi connectivity index (χ0n) is 7.18. The van der Waals surface area contributed by atoms with Gasteiger partial charge in [0.15, 0.2) is 29.1 Å². The molecule has 0 atom stereocenters. The number of fused-ring (bicyclic) bond motifs is 1. The van der Waals surface area contributed by atoms with Crippen LogP contribution in [0.1, 0.15) is 15.9 Å². The van der Waals surface area contributed by atoms with Crippen molar-refractivity contribution in [3.05, 3.63) is 40.2 Å². The van der Waals surface area contributed by atoms with Crippen LogP contribution in [-0.4, -0.2) is 5.78 Å². The third kappa shape index (κ3) is 1.13. The van der Waals surface area contributed by atoms with Crippen LogP contribution in [-0.2, 0) is 0 Å². The molecule has 0 amide bonds. The average Bonchev–Trinajstić information content (AvgIpc) is 2.48. The van der Waals surface area contributed by atoms with E-state index in [2.05, 4.69) is 0 Å². The van der Waals surface area contributed by atoms with Crippen molar-refractivity contribution >= 4 is 22.4 Å². The Kier molecular flexibility index (Phi) is 2.27. The summed E-state index contributed by atoms with van der Waals surface area (Å²) in [5.41, 5.74) is -2.31. The van der Waals surface area contributed by atoms with E-state index in [1.54, 1.807) is 0 Å². The lowest BCUT2D eigenvalue weighted by Crippen LogP contribution is -2.07. The highest BCUT2D eigenvalue weighted by Gasteiger charge is 2.39. The third-order valence-electron chi connectivity index (χ3n) is 2.11. The number of rotatable bonds is 0. The maximum absolute atomic E-state index is 13.1. The molecule has 0 bridgehead atoms. The maximum Gasteiger partial charge on any atom is 0.226 e. The van der Waals surface area contributed by atoms with Gasteiger partial charge in [-0.25, -0.2) is 22.0 Å². The summed E-state index contributed by atoms with van der Waals surface area (Å²) in [4.78, 5) is 11.0. The van der Waals surface area contributed by atoms with E-state index in [0.29, 0.717) is 0 Å². The van der Waals surface area contributed by atoms with Gasteiger partial charge in [-0.1, -0.05) is 11.6 Å². The van der Waals surface area contributed by atoms with Gasteiger partial charge in [0.1, 0.15) is 0 Å². The number of carbonyl (C=O) groups is 1. The minimum Gasteiger partial charge on any atom is -0.286 e. The molecule has 0 spiro atoms. The van der Waals surface area contributed by atoms with E-state index in [4.69, 9.17) is 11.6 Å². The minimum atomic E-state index is -2.18. The van der Waals surface area contributed by atoms with E-state index in [-0.39, 0.29) is 0 Å². The van der Waals surface area contributed by atoms with Gasteiger partial charge in [0.05, 0.1) is 10.6 Å².